The highest BCUT2D eigenvalue weighted by molar-refractivity contribution is 5.62. The molecular formula is C16H13N3O2. The number of non-ortho nitro benzene ring substituents is 1. The van der Waals surface area contributed by atoms with Crippen molar-refractivity contribution in [1.29, 1.82) is 5.26 Å². The minimum atomic E-state index is -0.367. The van der Waals surface area contributed by atoms with Crippen molar-refractivity contribution in [3.05, 3.63) is 69.3 Å². The maximum atomic E-state index is 10.8. The van der Waals surface area contributed by atoms with E-state index in [1.807, 2.05) is 24.3 Å². The molecule has 0 N–H and O–H groups in total. The Morgan fingerprint density at radius 2 is 2.10 bits per heavy atom. The predicted octanol–water partition coefficient (Wildman–Crippen LogP) is 3.03. The van der Waals surface area contributed by atoms with Gasteiger partial charge in [-0.05, 0) is 29.7 Å². The molecule has 1 aliphatic rings. The van der Waals surface area contributed by atoms with Crippen molar-refractivity contribution in [2.24, 2.45) is 0 Å². The van der Waals surface area contributed by atoms with Gasteiger partial charge in [-0.25, -0.2) is 0 Å². The summed E-state index contributed by atoms with van der Waals surface area (Å²) in [6.07, 6.45) is 0.797. The van der Waals surface area contributed by atoms with E-state index in [-0.39, 0.29) is 10.6 Å². The lowest BCUT2D eigenvalue weighted by molar-refractivity contribution is -0.384. The van der Waals surface area contributed by atoms with Gasteiger partial charge >= 0.3 is 0 Å². The van der Waals surface area contributed by atoms with Crippen molar-refractivity contribution >= 4 is 11.4 Å². The van der Waals surface area contributed by atoms with Crippen LogP contribution in [0.15, 0.2) is 42.5 Å². The van der Waals surface area contributed by atoms with E-state index in [4.69, 9.17) is 5.26 Å². The lowest BCUT2D eigenvalue weighted by Crippen LogP contribution is -2.20. The summed E-state index contributed by atoms with van der Waals surface area (Å²) in [5, 5.41) is 20.0. The molecule has 0 radical (unpaired) electrons. The fourth-order valence-corrected chi connectivity index (χ4v) is 2.71. The van der Waals surface area contributed by atoms with Gasteiger partial charge in [0.15, 0.2) is 0 Å². The molecule has 5 heteroatoms. The first-order valence-electron chi connectivity index (χ1n) is 6.69. The van der Waals surface area contributed by atoms with Gasteiger partial charge in [-0.15, -0.1) is 0 Å². The van der Waals surface area contributed by atoms with Crippen LogP contribution in [0, 0.1) is 21.4 Å². The zero-order chi connectivity index (χ0) is 14.8. The van der Waals surface area contributed by atoms with Gasteiger partial charge in [0.05, 0.1) is 16.6 Å². The van der Waals surface area contributed by atoms with Crippen molar-refractivity contribution in [2.45, 2.75) is 13.0 Å². The van der Waals surface area contributed by atoms with Crippen LogP contribution >= 0.6 is 0 Å². The predicted molar refractivity (Wildman–Crippen MR) is 79.0 cm³/mol. The quantitative estimate of drug-likeness (QED) is 0.639. The third-order valence-electron chi connectivity index (χ3n) is 3.76. The summed E-state index contributed by atoms with van der Waals surface area (Å²) < 4.78 is 0. The van der Waals surface area contributed by atoms with Gasteiger partial charge in [0.2, 0.25) is 0 Å². The lowest BCUT2D eigenvalue weighted by Gasteiger charge is -2.20. The number of nitro benzene ring substituents is 1. The Morgan fingerprint density at radius 1 is 1.29 bits per heavy atom. The van der Waals surface area contributed by atoms with Crippen LogP contribution in [0.25, 0.3) is 0 Å². The second-order valence-electron chi connectivity index (χ2n) is 5.01. The van der Waals surface area contributed by atoms with Gasteiger partial charge in [-0.2, -0.15) is 5.26 Å². The van der Waals surface area contributed by atoms with Crippen LogP contribution in [-0.4, -0.2) is 11.5 Å². The van der Waals surface area contributed by atoms with Gasteiger partial charge < -0.3 is 4.90 Å². The number of hydrogen-bond donors (Lipinski definition) is 0. The van der Waals surface area contributed by atoms with Crippen molar-refractivity contribution in [3.63, 3.8) is 0 Å². The Bertz CT molecular complexity index is 749. The maximum absolute atomic E-state index is 10.8. The molecule has 1 aliphatic heterocycles. The Kier molecular flexibility index (Phi) is 3.28. The molecule has 21 heavy (non-hydrogen) atoms. The fourth-order valence-electron chi connectivity index (χ4n) is 2.71. The molecule has 0 amide bonds. The monoisotopic (exact) mass is 279 g/mol. The van der Waals surface area contributed by atoms with Crippen molar-refractivity contribution < 1.29 is 4.92 Å². The molecule has 2 aromatic carbocycles. The standard InChI is InChI=1S/C16H13N3O2/c17-10-13-3-1-2-4-14(13)11-18-8-7-12-9-15(19(20)21)5-6-16(12)18/h1-6,9H,7-8,11H2. The summed E-state index contributed by atoms with van der Waals surface area (Å²) in [5.41, 5.74) is 3.80. The number of benzene rings is 2. The SMILES string of the molecule is N#Cc1ccccc1CN1CCc2cc([N+](=O)[O-])ccc21. The summed E-state index contributed by atoms with van der Waals surface area (Å²) in [4.78, 5) is 12.6. The van der Waals surface area contributed by atoms with E-state index in [2.05, 4.69) is 11.0 Å². The number of nitro groups is 1. The zero-order valence-electron chi connectivity index (χ0n) is 11.3. The number of nitrogens with zero attached hydrogens (tertiary/aromatic N) is 3. The molecule has 1 heterocycles. The number of hydrogen-bond acceptors (Lipinski definition) is 4. The highest BCUT2D eigenvalue weighted by Crippen LogP contribution is 2.32. The van der Waals surface area contributed by atoms with E-state index in [1.165, 1.54) is 6.07 Å². The van der Waals surface area contributed by atoms with E-state index >= 15 is 0 Å². The Morgan fingerprint density at radius 3 is 2.86 bits per heavy atom. The van der Waals surface area contributed by atoms with Crippen molar-refractivity contribution in [1.82, 2.24) is 0 Å². The maximum Gasteiger partial charge on any atom is 0.269 e. The summed E-state index contributed by atoms with van der Waals surface area (Å²) in [7, 11) is 0. The van der Waals surface area contributed by atoms with Crippen molar-refractivity contribution in [3.8, 4) is 6.07 Å². The lowest BCUT2D eigenvalue weighted by atomic mass is 10.1. The molecule has 0 aliphatic carbocycles. The van der Waals surface area contributed by atoms with Crippen molar-refractivity contribution in [2.75, 3.05) is 11.4 Å². The van der Waals surface area contributed by atoms with Gasteiger partial charge in [0.25, 0.3) is 5.69 Å². The molecule has 0 unspecified atom stereocenters. The molecule has 0 saturated heterocycles. The first kappa shape index (κ1) is 13.1. The van der Waals surface area contributed by atoms with Gasteiger partial charge in [-0.3, -0.25) is 10.1 Å². The number of fused-ring (bicyclic) bond motifs is 1. The second-order valence-corrected chi connectivity index (χ2v) is 5.01. The van der Waals surface area contributed by atoms with Gasteiger partial charge in [-0.1, -0.05) is 18.2 Å². The van der Waals surface area contributed by atoms with Crippen LogP contribution in [0.3, 0.4) is 0 Å². The summed E-state index contributed by atoms with van der Waals surface area (Å²) in [6.45, 7) is 1.46. The first-order chi connectivity index (χ1) is 10.2. The van der Waals surface area contributed by atoms with Gasteiger partial charge in [0.1, 0.15) is 0 Å². The summed E-state index contributed by atoms with van der Waals surface area (Å²) in [5.74, 6) is 0. The summed E-state index contributed by atoms with van der Waals surface area (Å²) >= 11 is 0. The molecule has 104 valence electrons. The minimum absolute atomic E-state index is 0.132. The summed E-state index contributed by atoms with van der Waals surface area (Å²) in [6, 6.07) is 14.7. The molecule has 0 aromatic heterocycles. The largest absolute Gasteiger partial charge is 0.367 e. The zero-order valence-corrected chi connectivity index (χ0v) is 11.3. The van der Waals surface area contributed by atoms with Gasteiger partial charge in [0, 0.05) is 30.9 Å². The average molecular weight is 279 g/mol. The Hall–Kier alpha value is -2.87. The van der Waals surface area contributed by atoms with Crippen LogP contribution in [0.4, 0.5) is 11.4 Å². The second kappa shape index (κ2) is 5.25. The number of rotatable bonds is 3. The highest BCUT2D eigenvalue weighted by atomic mass is 16.6. The van der Waals surface area contributed by atoms with Crippen LogP contribution < -0.4 is 4.90 Å². The number of nitriles is 1. The molecule has 0 fully saturated rings. The number of anilines is 1. The molecule has 0 bridgehead atoms. The third kappa shape index (κ3) is 2.43. The molecule has 0 spiro atoms. The van der Waals surface area contributed by atoms with E-state index in [1.54, 1.807) is 12.1 Å². The van der Waals surface area contributed by atoms with Crippen LogP contribution in [-0.2, 0) is 13.0 Å². The average Bonchev–Trinajstić information content (AvgIpc) is 2.90. The molecule has 0 atom stereocenters. The fraction of sp³-hybridized carbons (Fsp3) is 0.188. The molecule has 0 saturated carbocycles. The van der Waals surface area contributed by atoms with Crippen LogP contribution in [0.2, 0.25) is 0 Å². The molecular weight excluding hydrogens is 266 g/mol. The topological polar surface area (TPSA) is 70.2 Å². The Labute approximate surface area is 122 Å². The molecule has 2 aromatic rings. The minimum Gasteiger partial charge on any atom is -0.367 e. The molecule has 3 rings (SSSR count). The highest BCUT2D eigenvalue weighted by Gasteiger charge is 2.22. The third-order valence-corrected chi connectivity index (χ3v) is 3.76. The molecule has 5 nitrogen and oxygen atoms in total. The van der Waals surface area contributed by atoms with Crippen LogP contribution in [0.5, 0.6) is 0 Å². The Balaban J connectivity index is 1.88. The smallest absolute Gasteiger partial charge is 0.269 e. The van der Waals surface area contributed by atoms with E-state index in [0.717, 1.165) is 29.8 Å². The van der Waals surface area contributed by atoms with E-state index < -0.39 is 0 Å². The first-order valence-corrected chi connectivity index (χ1v) is 6.69. The normalized spacial score (nSPS) is 12.8. The van der Waals surface area contributed by atoms with E-state index in [0.29, 0.717) is 12.1 Å². The van der Waals surface area contributed by atoms with Crippen LogP contribution in [0.1, 0.15) is 16.7 Å². The van der Waals surface area contributed by atoms with E-state index in [9.17, 15) is 10.1 Å².